The summed E-state index contributed by atoms with van der Waals surface area (Å²) < 4.78 is 42.2. The van der Waals surface area contributed by atoms with Gasteiger partial charge in [-0.1, -0.05) is 32.4 Å². The lowest BCUT2D eigenvalue weighted by Gasteiger charge is -2.63. The van der Waals surface area contributed by atoms with E-state index in [0.717, 1.165) is 0 Å². The van der Waals surface area contributed by atoms with E-state index < -0.39 is 63.0 Å². The van der Waals surface area contributed by atoms with Gasteiger partial charge in [-0.05, 0) is 74.1 Å². The zero-order chi connectivity index (χ0) is 27.0. The summed E-state index contributed by atoms with van der Waals surface area (Å²) in [6.45, 7) is 7.19. The van der Waals surface area contributed by atoms with Crippen LogP contribution in [0.3, 0.4) is 0 Å². The van der Waals surface area contributed by atoms with Crippen LogP contribution in [-0.2, 0) is 14.3 Å². The molecule has 1 aromatic heterocycles. The molecule has 4 aliphatic rings. The average Bonchev–Trinajstić information content (AvgIpc) is 3.45. The van der Waals surface area contributed by atoms with Crippen LogP contribution in [0.4, 0.5) is 8.78 Å². The molecule has 9 heteroatoms. The van der Waals surface area contributed by atoms with Gasteiger partial charge in [0, 0.05) is 22.7 Å². The topological polar surface area (TPSA) is 93.8 Å². The molecule has 4 aliphatic carbocycles. The molecule has 9 atom stereocenters. The molecule has 37 heavy (non-hydrogen) atoms. The highest BCUT2D eigenvalue weighted by molar-refractivity contribution is 8.13. The number of furan rings is 1. The number of allylic oxidation sites excluding steroid dienone is 4. The first-order chi connectivity index (χ1) is 17.4. The number of rotatable bonds is 4. The summed E-state index contributed by atoms with van der Waals surface area (Å²) >= 11 is 0.426. The zero-order valence-corrected chi connectivity index (χ0v) is 22.1. The number of aliphatic hydroxyl groups is 1. The minimum atomic E-state index is -2.11. The van der Waals surface area contributed by atoms with Gasteiger partial charge >= 0.3 is 5.97 Å². The summed E-state index contributed by atoms with van der Waals surface area (Å²) in [5.41, 5.74) is -5.62. The second kappa shape index (κ2) is 8.63. The summed E-state index contributed by atoms with van der Waals surface area (Å²) in [6, 6.07) is 1.93. The van der Waals surface area contributed by atoms with Crippen LogP contribution in [-0.4, -0.2) is 45.4 Å². The molecule has 1 aromatic rings. The molecule has 0 radical (unpaired) electrons. The summed E-state index contributed by atoms with van der Waals surface area (Å²) in [4.78, 5) is 39.0. The predicted molar refractivity (Wildman–Crippen MR) is 133 cm³/mol. The van der Waals surface area contributed by atoms with Gasteiger partial charge in [0.1, 0.15) is 6.01 Å². The Morgan fingerprint density at radius 1 is 1.24 bits per heavy atom. The minimum absolute atomic E-state index is 0.0986. The molecule has 0 saturated heterocycles. The molecule has 3 saturated carbocycles. The Bertz CT molecular complexity index is 1200. The first-order valence-electron chi connectivity index (χ1n) is 12.7. The minimum Gasteiger partial charge on any atom is -0.457 e. The maximum Gasteiger partial charge on any atom is 0.375 e. The van der Waals surface area contributed by atoms with Crippen molar-refractivity contribution in [3.05, 3.63) is 48.0 Å². The Morgan fingerprint density at radius 2 is 1.97 bits per heavy atom. The highest BCUT2D eigenvalue weighted by Crippen LogP contribution is 2.72. The van der Waals surface area contributed by atoms with Crippen LogP contribution in [0.25, 0.3) is 0 Å². The number of halogens is 2. The van der Waals surface area contributed by atoms with Crippen LogP contribution in [0, 0.1) is 34.5 Å². The maximum atomic E-state index is 17.5. The quantitative estimate of drug-likeness (QED) is 0.529. The normalized spacial score (nSPS) is 44.5. The Kier molecular flexibility index (Phi) is 6.15. The third kappa shape index (κ3) is 3.28. The van der Waals surface area contributed by atoms with Crippen LogP contribution in [0.1, 0.15) is 57.5 Å². The van der Waals surface area contributed by atoms with Crippen molar-refractivity contribution in [1.29, 1.82) is 0 Å². The highest BCUT2D eigenvalue weighted by Gasteiger charge is 2.77. The van der Waals surface area contributed by atoms with Crippen molar-refractivity contribution in [3.63, 3.8) is 0 Å². The fourth-order valence-electron chi connectivity index (χ4n) is 8.36. The Labute approximate surface area is 218 Å². The summed E-state index contributed by atoms with van der Waals surface area (Å²) in [5, 5.41) is 11.0. The zero-order valence-electron chi connectivity index (χ0n) is 21.3. The van der Waals surface area contributed by atoms with E-state index in [1.54, 1.807) is 26.8 Å². The van der Waals surface area contributed by atoms with Crippen LogP contribution < -0.4 is 0 Å². The monoisotopic (exact) mass is 534 g/mol. The summed E-state index contributed by atoms with van der Waals surface area (Å²) in [5.74, 6) is -3.01. The van der Waals surface area contributed by atoms with Gasteiger partial charge in [-0.3, -0.25) is 9.59 Å². The molecule has 0 amide bonds. The van der Waals surface area contributed by atoms with E-state index in [4.69, 9.17) is 9.15 Å². The number of ether oxygens (including phenoxy) is 1. The van der Waals surface area contributed by atoms with Crippen molar-refractivity contribution in [3.8, 4) is 0 Å². The van der Waals surface area contributed by atoms with Gasteiger partial charge in [-0.15, -0.1) is 0 Å². The Balaban J connectivity index is 1.64. The van der Waals surface area contributed by atoms with Crippen molar-refractivity contribution >= 4 is 28.6 Å². The van der Waals surface area contributed by atoms with E-state index in [-0.39, 0.29) is 23.9 Å². The predicted octanol–water partition coefficient (Wildman–Crippen LogP) is 5.22. The van der Waals surface area contributed by atoms with E-state index in [2.05, 4.69) is 0 Å². The lowest BCUT2D eigenvalue weighted by atomic mass is 9.43. The van der Waals surface area contributed by atoms with Crippen LogP contribution in [0.5, 0.6) is 0 Å². The van der Waals surface area contributed by atoms with Crippen molar-refractivity contribution in [2.24, 2.45) is 34.5 Å². The highest BCUT2D eigenvalue weighted by atomic mass is 32.2. The van der Waals surface area contributed by atoms with Crippen molar-refractivity contribution in [2.75, 3.05) is 6.01 Å². The molecule has 3 fully saturated rings. The molecule has 2 unspecified atom stereocenters. The van der Waals surface area contributed by atoms with Crippen molar-refractivity contribution in [1.82, 2.24) is 0 Å². The molecular formula is C28H32F2O6S. The van der Waals surface area contributed by atoms with Gasteiger partial charge in [-0.2, -0.15) is 0 Å². The molecule has 0 aliphatic heterocycles. The van der Waals surface area contributed by atoms with E-state index in [1.807, 2.05) is 6.92 Å². The number of esters is 1. The maximum absolute atomic E-state index is 17.5. The molecule has 0 aromatic carbocycles. The summed E-state index contributed by atoms with van der Waals surface area (Å²) in [6.07, 6.45) is 4.75. The molecule has 1 N–H and O–H groups in total. The number of carbonyl (C=O) groups is 3. The van der Waals surface area contributed by atoms with E-state index in [9.17, 15) is 23.9 Å². The van der Waals surface area contributed by atoms with Crippen molar-refractivity contribution < 1.29 is 37.4 Å². The molecule has 0 spiro atoms. The number of alkyl halides is 2. The van der Waals surface area contributed by atoms with Crippen LogP contribution in [0.15, 0.2) is 46.6 Å². The Morgan fingerprint density at radius 3 is 2.62 bits per heavy atom. The number of aliphatic hydroxyl groups excluding tert-OH is 1. The van der Waals surface area contributed by atoms with E-state index in [0.29, 0.717) is 30.2 Å². The number of hydrogen-bond acceptors (Lipinski definition) is 7. The molecule has 5 rings (SSSR count). The lowest BCUT2D eigenvalue weighted by Crippen LogP contribution is -2.70. The fourth-order valence-corrected chi connectivity index (χ4v) is 9.15. The van der Waals surface area contributed by atoms with Gasteiger partial charge in [0.05, 0.1) is 12.4 Å². The van der Waals surface area contributed by atoms with Crippen LogP contribution in [0.2, 0.25) is 0 Å². The van der Waals surface area contributed by atoms with Crippen LogP contribution >= 0.6 is 11.8 Å². The van der Waals surface area contributed by atoms with E-state index >= 15 is 4.39 Å². The SMILES string of the molecule is C[C@@H]1CC2C3C[C@H](C)C4=CC(=O)C=C[C@]4(C)[C@@]3(F)[C@@H](O)C[C@]2(C)[C@@]1(OC(=O)c1ccco1)C(=O)SCF. The third-order valence-electron chi connectivity index (χ3n) is 9.97. The molecule has 200 valence electrons. The standard InChI is InChI=1S/C28H32F2O6S/c1-15-10-20-19-11-16(2)28(24(34)37-14-29,36-23(33)21-6-5-9-35-21)26(19,4)13-22(32)27(20,30)25(3)8-7-17(31)12-18(15)25/h5-9,12,15-16,19-20,22,32H,10-11,13-14H2,1-4H3/t15-,16+,19?,20?,22-,25-,26-,27-,28-/m0/s1. The smallest absolute Gasteiger partial charge is 0.375 e. The van der Waals surface area contributed by atoms with Gasteiger partial charge in [0.25, 0.3) is 0 Å². The van der Waals surface area contributed by atoms with Gasteiger partial charge in [0.15, 0.2) is 17.1 Å². The summed E-state index contributed by atoms with van der Waals surface area (Å²) in [7, 11) is 0. The lowest BCUT2D eigenvalue weighted by molar-refractivity contribution is -0.220. The largest absolute Gasteiger partial charge is 0.457 e. The molecular weight excluding hydrogens is 502 g/mol. The van der Waals surface area contributed by atoms with E-state index in [1.165, 1.54) is 30.5 Å². The van der Waals surface area contributed by atoms with Crippen molar-refractivity contribution in [2.45, 2.75) is 64.3 Å². The molecule has 6 nitrogen and oxygen atoms in total. The number of thioether (sulfide) groups is 1. The first kappa shape index (κ1) is 26.4. The number of ketones is 1. The fraction of sp³-hybridized carbons (Fsp3) is 0.607. The van der Waals surface area contributed by atoms with Gasteiger partial charge in [-0.25, -0.2) is 13.6 Å². The number of carbonyl (C=O) groups excluding carboxylic acids is 3. The average molecular weight is 535 g/mol. The first-order valence-corrected chi connectivity index (χ1v) is 13.7. The van der Waals surface area contributed by atoms with Gasteiger partial charge < -0.3 is 14.3 Å². The second-order valence-electron chi connectivity index (χ2n) is 11.6. The third-order valence-corrected chi connectivity index (χ3v) is 10.6. The van der Waals surface area contributed by atoms with Gasteiger partial charge in [0.2, 0.25) is 10.9 Å². The number of fused-ring (bicyclic) bond motifs is 5. The number of hydrogen-bond donors (Lipinski definition) is 1. The second-order valence-corrected chi connectivity index (χ2v) is 12.5. The molecule has 0 bridgehead atoms. The molecule has 1 heterocycles. The Hall–Kier alpha value is -2.26.